The lowest BCUT2D eigenvalue weighted by Crippen LogP contribution is -2.29. The van der Waals surface area contributed by atoms with Crippen molar-refractivity contribution >= 4 is 5.97 Å². The first kappa shape index (κ1) is 13.7. The molecule has 1 N–H and O–H groups in total. The lowest BCUT2D eigenvalue weighted by Gasteiger charge is -2.14. The highest BCUT2D eigenvalue weighted by atomic mass is 16.5. The second kappa shape index (κ2) is 6.39. The van der Waals surface area contributed by atoms with Crippen molar-refractivity contribution in [3.8, 4) is 0 Å². The van der Waals surface area contributed by atoms with Gasteiger partial charge in [-0.05, 0) is 20.8 Å². The second-order valence-corrected chi connectivity index (χ2v) is 4.09. The van der Waals surface area contributed by atoms with Crippen LogP contribution in [0.3, 0.4) is 0 Å². The second-order valence-electron chi connectivity index (χ2n) is 4.09. The highest BCUT2D eigenvalue weighted by molar-refractivity contribution is 5.72. The fourth-order valence-electron chi connectivity index (χ4n) is 1.38. The van der Waals surface area contributed by atoms with Crippen LogP contribution in [-0.4, -0.2) is 24.1 Å². The van der Waals surface area contributed by atoms with Gasteiger partial charge in [0.2, 0.25) is 5.89 Å². The van der Waals surface area contributed by atoms with E-state index in [0.717, 1.165) is 5.76 Å². The van der Waals surface area contributed by atoms with Crippen molar-refractivity contribution in [2.75, 3.05) is 13.2 Å². The number of oxazole rings is 1. The van der Waals surface area contributed by atoms with Gasteiger partial charge in [-0.1, -0.05) is 6.92 Å². The third-order valence-electron chi connectivity index (χ3n) is 2.43. The van der Waals surface area contributed by atoms with Gasteiger partial charge in [-0.2, -0.15) is 0 Å². The molecule has 0 saturated heterocycles. The van der Waals surface area contributed by atoms with Crippen molar-refractivity contribution in [1.82, 2.24) is 10.3 Å². The molecule has 0 bridgehead atoms. The summed E-state index contributed by atoms with van der Waals surface area (Å²) in [6.45, 7) is 8.39. The third kappa shape index (κ3) is 4.19. The molecule has 1 aromatic heterocycles. The van der Waals surface area contributed by atoms with Gasteiger partial charge in [0.15, 0.2) is 0 Å². The average Bonchev–Trinajstić information content (AvgIpc) is 2.72. The first-order valence-corrected chi connectivity index (χ1v) is 5.87. The van der Waals surface area contributed by atoms with E-state index in [2.05, 4.69) is 10.3 Å². The number of aryl methyl sites for hydroxylation is 1. The van der Waals surface area contributed by atoms with Crippen LogP contribution in [0.2, 0.25) is 0 Å². The van der Waals surface area contributed by atoms with Gasteiger partial charge in [0.05, 0.1) is 24.8 Å². The normalized spacial score (nSPS) is 14.4. The number of ether oxygens (including phenoxy) is 1. The van der Waals surface area contributed by atoms with Gasteiger partial charge in [-0.15, -0.1) is 0 Å². The van der Waals surface area contributed by atoms with E-state index in [1.54, 1.807) is 13.1 Å². The van der Waals surface area contributed by atoms with Crippen LogP contribution in [0.5, 0.6) is 0 Å². The van der Waals surface area contributed by atoms with Gasteiger partial charge < -0.3 is 14.5 Å². The maximum absolute atomic E-state index is 11.4. The van der Waals surface area contributed by atoms with Crippen LogP contribution < -0.4 is 5.32 Å². The Hall–Kier alpha value is -1.36. The Balaban J connectivity index is 2.37. The number of rotatable bonds is 6. The third-order valence-corrected chi connectivity index (χ3v) is 2.43. The minimum Gasteiger partial charge on any atom is -0.466 e. The van der Waals surface area contributed by atoms with Gasteiger partial charge in [0, 0.05) is 6.54 Å². The van der Waals surface area contributed by atoms with Crippen molar-refractivity contribution in [3.05, 3.63) is 17.8 Å². The molecule has 1 aromatic rings. The number of hydrogen-bond donors (Lipinski definition) is 1. The Morgan fingerprint density at radius 1 is 1.59 bits per heavy atom. The van der Waals surface area contributed by atoms with Gasteiger partial charge in [0.1, 0.15) is 5.76 Å². The number of carbonyl (C=O) groups excluding carboxylic acids is 1. The molecule has 0 radical (unpaired) electrons. The minimum absolute atomic E-state index is 0.0134. The van der Waals surface area contributed by atoms with Crippen molar-refractivity contribution in [1.29, 1.82) is 0 Å². The highest BCUT2D eigenvalue weighted by Gasteiger charge is 2.17. The molecule has 0 aliphatic heterocycles. The van der Waals surface area contributed by atoms with E-state index >= 15 is 0 Å². The monoisotopic (exact) mass is 240 g/mol. The molecule has 1 rings (SSSR count). The summed E-state index contributed by atoms with van der Waals surface area (Å²) in [5.74, 6) is 1.06. The van der Waals surface area contributed by atoms with Crippen LogP contribution in [0.25, 0.3) is 0 Å². The maximum Gasteiger partial charge on any atom is 0.309 e. The first-order valence-electron chi connectivity index (χ1n) is 5.87. The number of nitrogens with zero attached hydrogens (tertiary/aromatic N) is 1. The molecule has 96 valence electrons. The molecular formula is C12H20N2O3. The fourth-order valence-corrected chi connectivity index (χ4v) is 1.38. The van der Waals surface area contributed by atoms with Crippen molar-refractivity contribution in [2.24, 2.45) is 5.92 Å². The molecule has 0 fully saturated rings. The van der Waals surface area contributed by atoms with Gasteiger partial charge in [-0.3, -0.25) is 4.79 Å². The number of esters is 1. The lowest BCUT2D eigenvalue weighted by atomic mass is 10.1. The highest BCUT2D eigenvalue weighted by Crippen LogP contribution is 2.12. The summed E-state index contributed by atoms with van der Waals surface area (Å²) in [5.41, 5.74) is 0. The quantitative estimate of drug-likeness (QED) is 0.768. The van der Waals surface area contributed by atoms with Gasteiger partial charge in [-0.25, -0.2) is 4.98 Å². The molecule has 0 aliphatic carbocycles. The molecule has 2 unspecified atom stereocenters. The molecule has 5 heteroatoms. The number of carbonyl (C=O) groups is 1. The van der Waals surface area contributed by atoms with Crippen LogP contribution >= 0.6 is 0 Å². The van der Waals surface area contributed by atoms with Crippen LogP contribution in [-0.2, 0) is 9.53 Å². The Morgan fingerprint density at radius 3 is 2.82 bits per heavy atom. The zero-order valence-corrected chi connectivity index (χ0v) is 10.8. The first-order chi connectivity index (χ1) is 8.04. The van der Waals surface area contributed by atoms with E-state index in [1.807, 2.05) is 20.8 Å². The number of nitrogens with one attached hydrogen (secondary N) is 1. The predicted octanol–water partition coefficient (Wildman–Crippen LogP) is 1.83. The summed E-state index contributed by atoms with van der Waals surface area (Å²) in [6, 6.07) is -0.0134. The predicted molar refractivity (Wildman–Crippen MR) is 63.5 cm³/mol. The minimum atomic E-state index is -0.184. The molecule has 2 atom stereocenters. The molecule has 17 heavy (non-hydrogen) atoms. The zero-order chi connectivity index (χ0) is 12.8. The molecule has 0 aliphatic rings. The molecule has 0 aromatic carbocycles. The standard InChI is InChI=1S/C12H20N2O3/c1-5-16-12(15)8(2)6-13-10(4)11-14-7-9(3)17-11/h7-8,10,13H,5-6H2,1-4H3. The Bertz CT molecular complexity index is 362. The SMILES string of the molecule is CCOC(=O)C(C)CNC(C)c1ncc(C)o1. The van der Waals surface area contributed by atoms with E-state index in [4.69, 9.17) is 9.15 Å². The van der Waals surface area contributed by atoms with Crippen molar-refractivity contribution < 1.29 is 13.9 Å². The summed E-state index contributed by atoms with van der Waals surface area (Å²) >= 11 is 0. The summed E-state index contributed by atoms with van der Waals surface area (Å²) in [7, 11) is 0. The Morgan fingerprint density at radius 2 is 2.29 bits per heavy atom. The Kier molecular flexibility index (Phi) is 5.15. The summed E-state index contributed by atoms with van der Waals surface area (Å²) < 4.78 is 10.3. The van der Waals surface area contributed by atoms with Crippen molar-refractivity contribution in [3.63, 3.8) is 0 Å². The van der Waals surface area contributed by atoms with Crippen LogP contribution in [0.15, 0.2) is 10.6 Å². The zero-order valence-electron chi connectivity index (χ0n) is 10.8. The van der Waals surface area contributed by atoms with E-state index in [9.17, 15) is 4.79 Å². The molecule has 5 nitrogen and oxygen atoms in total. The van der Waals surface area contributed by atoms with Crippen LogP contribution in [0.4, 0.5) is 0 Å². The Labute approximate surface area is 102 Å². The van der Waals surface area contributed by atoms with E-state index in [-0.39, 0.29) is 17.9 Å². The van der Waals surface area contributed by atoms with E-state index in [1.165, 1.54) is 0 Å². The molecule has 0 spiro atoms. The van der Waals surface area contributed by atoms with Gasteiger partial charge >= 0.3 is 5.97 Å². The van der Waals surface area contributed by atoms with E-state index in [0.29, 0.717) is 19.0 Å². The summed E-state index contributed by atoms with van der Waals surface area (Å²) in [5, 5.41) is 3.19. The lowest BCUT2D eigenvalue weighted by molar-refractivity contribution is -0.147. The number of aromatic nitrogens is 1. The van der Waals surface area contributed by atoms with E-state index < -0.39 is 0 Å². The van der Waals surface area contributed by atoms with Crippen molar-refractivity contribution in [2.45, 2.75) is 33.7 Å². The summed E-state index contributed by atoms with van der Waals surface area (Å²) in [6.07, 6.45) is 1.68. The smallest absolute Gasteiger partial charge is 0.309 e. The van der Waals surface area contributed by atoms with Gasteiger partial charge in [0.25, 0.3) is 0 Å². The fraction of sp³-hybridized carbons (Fsp3) is 0.667. The topological polar surface area (TPSA) is 64.4 Å². The number of hydrogen-bond acceptors (Lipinski definition) is 5. The maximum atomic E-state index is 11.4. The average molecular weight is 240 g/mol. The molecule has 0 amide bonds. The molecule has 0 saturated carbocycles. The van der Waals surface area contributed by atoms with Crippen LogP contribution in [0, 0.1) is 12.8 Å². The molecule has 1 heterocycles. The largest absolute Gasteiger partial charge is 0.466 e. The van der Waals surface area contributed by atoms with Crippen LogP contribution in [0.1, 0.15) is 38.5 Å². The molecular weight excluding hydrogens is 220 g/mol. The summed E-state index contributed by atoms with van der Waals surface area (Å²) in [4.78, 5) is 15.5.